The molecule has 3 aromatic rings. The van der Waals surface area contributed by atoms with Gasteiger partial charge in [-0.1, -0.05) is 41.9 Å². The highest BCUT2D eigenvalue weighted by Crippen LogP contribution is 2.21. The van der Waals surface area contributed by atoms with Gasteiger partial charge in [0, 0.05) is 55.6 Å². The Balaban J connectivity index is 1.61. The van der Waals surface area contributed by atoms with Gasteiger partial charge >= 0.3 is 0 Å². The van der Waals surface area contributed by atoms with E-state index in [1.54, 1.807) is 50.6 Å². The van der Waals surface area contributed by atoms with E-state index in [0.717, 1.165) is 22.4 Å². The Morgan fingerprint density at radius 1 is 1.00 bits per heavy atom. The number of carbonyl (C=O) groups is 1. The van der Waals surface area contributed by atoms with Gasteiger partial charge in [-0.05, 0) is 59.3 Å². The van der Waals surface area contributed by atoms with E-state index in [1.165, 1.54) is 6.07 Å². The molecule has 0 aromatic heterocycles. The molecule has 5 N–H and O–H groups in total. The monoisotopic (exact) mass is 493 g/mol. The number of amides is 1. The third-order valence-corrected chi connectivity index (χ3v) is 5.78. The van der Waals surface area contributed by atoms with Crippen molar-refractivity contribution in [2.24, 2.45) is 0 Å². The average Bonchev–Trinajstić information content (AvgIpc) is 2.87. The van der Waals surface area contributed by atoms with E-state index >= 15 is 0 Å². The molecule has 1 amide bonds. The van der Waals surface area contributed by atoms with Crippen molar-refractivity contribution < 1.29 is 9.18 Å². The Hall–Kier alpha value is -3.68. The van der Waals surface area contributed by atoms with Gasteiger partial charge in [0.05, 0.1) is 5.71 Å². The molecule has 6 nitrogen and oxygen atoms in total. The smallest absolute Gasteiger partial charge is 0.251 e. The first-order valence-electron chi connectivity index (χ1n) is 11.2. The van der Waals surface area contributed by atoms with Crippen LogP contribution < -0.4 is 21.3 Å². The maximum atomic E-state index is 14.0. The Bertz CT molecular complexity index is 1210. The number of hydrogen-bond acceptors (Lipinski definition) is 5. The summed E-state index contributed by atoms with van der Waals surface area (Å²) in [5.41, 5.74) is 4.75. The highest BCUT2D eigenvalue weighted by molar-refractivity contribution is 6.31. The maximum Gasteiger partial charge on any atom is 0.251 e. The molecule has 3 rings (SSSR count). The van der Waals surface area contributed by atoms with Gasteiger partial charge in [-0.15, -0.1) is 0 Å². The minimum absolute atomic E-state index is 0.199. The standard InChI is InChI=1S/C27H29ClFN5O/c1-31-12-11-25(30)19-6-3-5-18(13-19)15-34-27(35)20-9-10-21(26(14-20)32-2)16-33-17-22-23(28)7-4-8-24(22)29/h3-14,30-33H,15-17H2,1-2H3,(H,34,35)/b12-11-,30-25?. The van der Waals surface area contributed by atoms with Crippen molar-refractivity contribution in [3.63, 3.8) is 0 Å². The second-order valence-corrected chi connectivity index (χ2v) is 8.25. The van der Waals surface area contributed by atoms with Crippen molar-refractivity contribution in [3.8, 4) is 0 Å². The van der Waals surface area contributed by atoms with Gasteiger partial charge in [0.25, 0.3) is 5.91 Å². The lowest BCUT2D eigenvalue weighted by atomic mass is 10.1. The number of rotatable bonds is 11. The van der Waals surface area contributed by atoms with Gasteiger partial charge < -0.3 is 26.7 Å². The number of hydrogen-bond donors (Lipinski definition) is 5. The van der Waals surface area contributed by atoms with Crippen LogP contribution in [0.15, 0.2) is 72.9 Å². The van der Waals surface area contributed by atoms with Crippen molar-refractivity contribution in [3.05, 3.63) is 112 Å². The van der Waals surface area contributed by atoms with Crippen LogP contribution in [0.5, 0.6) is 0 Å². The van der Waals surface area contributed by atoms with E-state index in [4.69, 9.17) is 17.0 Å². The Kier molecular flexibility index (Phi) is 9.40. The summed E-state index contributed by atoms with van der Waals surface area (Å²) in [6.07, 6.45) is 3.38. The lowest BCUT2D eigenvalue weighted by Gasteiger charge is -2.13. The molecule has 0 unspecified atom stereocenters. The lowest BCUT2D eigenvalue weighted by Crippen LogP contribution is -2.23. The lowest BCUT2D eigenvalue weighted by molar-refractivity contribution is 0.0951. The SMILES string of the molecule is CN/C=C\C(=N)c1cccc(CNC(=O)c2ccc(CNCc3c(F)cccc3Cl)c(NC)c2)c1. The van der Waals surface area contributed by atoms with Gasteiger partial charge in [0.15, 0.2) is 0 Å². The first-order valence-corrected chi connectivity index (χ1v) is 11.5. The van der Waals surface area contributed by atoms with E-state index in [1.807, 2.05) is 30.3 Å². The van der Waals surface area contributed by atoms with Crippen molar-refractivity contribution in [2.45, 2.75) is 19.6 Å². The molecule has 0 spiro atoms. The second kappa shape index (κ2) is 12.7. The maximum absolute atomic E-state index is 14.0. The Morgan fingerprint density at radius 2 is 1.80 bits per heavy atom. The Labute approximate surface area is 210 Å². The largest absolute Gasteiger partial charge is 0.394 e. The third kappa shape index (κ3) is 7.15. The summed E-state index contributed by atoms with van der Waals surface area (Å²) in [4.78, 5) is 12.8. The molecule has 3 aromatic carbocycles. The molecular formula is C27H29ClFN5O. The normalized spacial score (nSPS) is 10.9. The van der Waals surface area contributed by atoms with Gasteiger partial charge in [-0.3, -0.25) is 4.79 Å². The number of allylic oxidation sites excluding steroid dienone is 1. The molecule has 0 atom stereocenters. The second-order valence-electron chi connectivity index (χ2n) is 7.84. The van der Waals surface area contributed by atoms with Crippen LogP contribution in [0.4, 0.5) is 10.1 Å². The molecule has 0 bridgehead atoms. The molecule has 35 heavy (non-hydrogen) atoms. The summed E-state index contributed by atoms with van der Waals surface area (Å²) in [5.74, 6) is -0.544. The topological polar surface area (TPSA) is 89.0 Å². The first-order chi connectivity index (χ1) is 16.9. The van der Waals surface area contributed by atoms with Gasteiger partial charge in [0.2, 0.25) is 0 Å². The van der Waals surface area contributed by atoms with E-state index in [9.17, 15) is 9.18 Å². The number of carbonyl (C=O) groups excluding carboxylic acids is 1. The first kappa shape index (κ1) is 25.9. The van der Waals surface area contributed by atoms with E-state index in [0.29, 0.717) is 35.0 Å². The summed E-state index contributed by atoms with van der Waals surface area (Å²) in [7, 11) is 3.57. The zero-order valence-corrected chi connectivity index (χ0v) is 20.5. The zero-order valence-electron chi connectivity index (χ0n) is 19.7. The predicted molar refractivity (Wildman–Crippen MR) is 141 cm³/mol. The van der Waals surface area contributed by atoms with Crippen LogP contribution in [-0.4, -0.2) is 25.7 Å². The predicted octanol–water partition coefficient (Wildman–Crippen LogP) is 4.84. The fourth-order valence-electron chi connectivity index (χ4n) is 3.52. The summed E-state index contributed by atoms with van der Waals surface area (Å²) < 4.78 is 14.0. The van der Waals surface area contributed by atoms with Crippen LogP contribution in [0.25, 0.3) is 0 Å². The van der Waals surface area contributed by atoms with Crippen LogP contribution in [0.2, 0.25) is 5.02 Å². The summed E-state index contributed by atoms with van der Waals surface area (Å²) >= 11 is 6.09. The fourth-order valence-corrected chi connectivity index (χ4v) is 3.75. The van der Waals surface area contributed by atoms with Gasteiger partial charge in [-0.2, -0.15) is 0 Å². The molecule has 0 aliphatic carbocycles. The van der Waals surface area contributed by atoms with Crippen molar-refractivity contribution >= 4 is 28.9 Å². The third-order valence-electron chi connectivity index (χ3n) is 5.43. The molecule has 0 fully saturated rings. The molecule has 0 radical (unpaired) electrons. The Morgan fingerprint density at radius 3 is 2.54 bits per heavy atom. The minimum atomic E-state index is -0.345. The van der Waals surface area contributed by atoms with Crippen molar-refractivity contribution in [1.29, 1.82) is 5.41 Å². The molecule has 0 saturated heterocycles. The molecule has 0 heterocycles. The number of halogens is 2. The van der Waals surface area contributed by atoms with E-state index in [2.05, 4.69) is 21.3 Å². The summed E-state index contributed by atoms with van der Waals surface area (Å²) in [6, 6.07) is 17.6. The van der Waals surface area contributed by atoms with Crippen LogP contribution in [-0.2, 0) is 19.6 Å². The van der Waals surface area contributed by atoms with E-state index in [-0.39, 0.29) is 18.3 Å². The van der Waals surface area contributed by atoms with Crippen LogP contribution in [0.3, 0.4) is 0 Å². The quantitative estimate of drug-likeness (QED) is 0.247. The number of anilines is 1. The van der Waals surface area contributed by atoms with Crippen molar-refractivity contribution in [1.82, 2.24) is 16.0 Å². The molecule has 0 aliphatic heterocycles. The van der Waals surface area contributed by atoms with Gasteiger partial charge in [0.1, 0.15) is 5.82 Å². The van der Waals surface area contributed by atoms with Crippen LogP contribution in [0, 0.1) is 11.2 Å². The molecule has 182 valence electrons. The number of benzene rings is 3. The molecular weight excluding hydrogens is 465 g/mol. The minimum Gasteiger partial charge on any atom is -0.394 e. The summed E-state index contributed by atoms with van der Waals surface area (Å²) in [6.45, 7) is 1.11. The van der Waals surface area contributed by atoms with E-state index < -0.39 is 0 Å². The molecule has 8 heteroatoms. The molecule has 0 aliphatic rings. The van der Waals surface area contributed by atoms with Crippen LogP contribution >= 0.6 is 11.6 Å². The zero-order chi connectivity index (χ0) is 25.2. The number of nitrogens with one attached hydrogen (secondary N) is 5. The highest BCUT2D eigenvalue weighted by atomic mass is 35.5. The van der Waals surface area contributed by atoms with Gasteiger partial charge in [-0.25, -0.2) is 4.39 Å². The highest BCUT2D eigenvalue weighted by Gasteiger charge is 2.11. The van der Waals surface area contributed by atoms with Crippen molar-refractivity contribution in [2.75, 3.05) is 19.4 Å². The summed E-state index contributed by atoms with van der Waals surface area (Å²) in [5, 5.41) is 20.6. The average molecular weight is 494 g/mol. The fraction of sp³-hybridized carbons (Fsp3) is 0.185. The van der Waals surface area contributed by atoms with Crippen LogP contribution in [0.1, 0.15) is 32.6 Å². The molecule has 0 saturated carbocycles.